The molecule has 0 saturated carbocycles. The smallest absolute Gasteiger partial charge is 0.367 e. The van der Waals surface area contributed by atoms with Crippen molar-refractivity contribution in [1.29, 1.82) is 0 Å². The molecule has 1 N–H and O–H groups in total. The van der Waals surface area contributed by atoms with E-state index < -0.39 is 11.4 Å². The summed E-state index contributed by atoms with van der Waals surface area (Å²) in [4.78, 5) is 12.4. The summed E-state index contributed by atoms with van der Waals surface area (Å²) in [6.07, 6.45) is 0.196. The molecule has 5 nitrogen and oxygen atoms in total. The maximum Gasteiger partial charge on any atom is 0.417 e. The molecule has 24 heavy (non-hydrogen) atoms. The lowest BCUT2D eigenvalue weighted by atomic mass is 9.86. The molecule has 3 rings (SSSR count). The minimum Gasteiger partial charge on any atom is -0.367 e. The Hall–Kier alpha value is -2.34. The molecular weight excluding hydrogens is 326 g/mol. The number of fused-ring (bicyclic) bond motifs is 1. The fourth-order valence-electron chi connectivity index (χ4n) is 2.59. The third-order valence-electron chi connectivity index (χ3n) is 3.70. The van der Waals surface area contributed by atoms with Crippen molar-refractivity contribution in [3.8, 4) is 11.5 Å². The molecule has 0 radical (unpaired) electrons. The van der Waals surface area contributed by atoms with Gasteiger partial charge in [0.1, 0.15) is 0 Å². The van der Waals surface area contributed by atoms with E-state index in [2.05, 4.69) is 26.1 Å². The lowest BCUT2D eigenvalue weighted by Gasteiger charge is -2.23. The summed E-state index contributed by atoms with van der Waals surface area (Å²) in [6, 6.07) is 12.9. The van der Waals surface area contributed by atoms with Gasteiger partial charge in [0, 0.05) is 5.69 Å². The number of amides is 1. The van der Waals surface area contributed by atoms with E-state index >= 15 is 0 Å². The van der Waals surface area contributed by atoms with E-state index in [4.69, 9.17) is 8.37 Å². The highest BCUT2D eigenvalue weighted by molar-refractivity contribution is 7.76. The van der Waals surface area contributed by atoms with Gasteiger partial charge in [0.25, 0.3) is 0 Å². The maximum atomic E-state index is 12.4. The zero-order valence-corrected chi connectivity index (χ0v) is 14.6. The van der Waals surface area contributed by atoms with Crippen LogP contribution in [0, 0.1) is 0 Å². The summed E-state index contributed by atoms with van der Waals surface area (Å²) in [6.45, 7) is 6.32. The quantitative estimate of drug-likeness (QED) is 0.924. The van der Waals surface area contributed by atoms with Crippen LogP contribution in [0.4, 0.5) is 5.69 Å². The Balaban J connectivity index is 1.74. The van der Waals surface area contributed by atoms with E-state index in [0.717, 1.165) is 16.8 Å². The van der Waals surface area contributed by atoms with E-state index in [9.17, 15) is 9.00 Å². The first-order valence-corrected chi connectivity index (χ1v) is 8.63. The molecule has 2 aromatic rings. The monoisotopic (exact) mass is 345 g/mol. The number of hydrogen-bond acceptors (Lipinski definition) is 4. The van der Waals surface area contributed by atoms with E-state index in [1.165, 1.54) is 0 Å². The molecule has 6 heteroatoms. The Labute approximate surface area is 143 Å². The second kappa shape index (κ2) is 6.28. The van der Waals surface area contributed by atoms with Gasteiger partial charge in [-0.1, -0.05) is 45.0 Å². The van der Waals surface area contributed by atoms with Crippen molar-refractivity contribution in [2.75, 3.05) is 5.32 Å². The van der Waals surface area contributed by atoms with Crippen LogP contribution in [-0.2, 0) is 28.0 Å². The molecule has 0 aliphatic carbocycles. The summed E-state index contributed by atoms with van der Waals surface area (Å²) in [5.74, 6) is 0.705. The first kappa shape index (κ1) is 16.5. The van der Waals surface area contributed by atoms with Crippen molar-refractivity contribution in [2.24, 2.45) is 0 Å². The summed E-state index contributed by atoms with van der Waals surface area (Å²) < 4.78 is 21.2. The third-order valence-corrected chi connectivity index (χ3v) is 4.33. The fraction of sp³-hybridized carbons (Fsp3) is 0.278. The van der Waals surface area contributed by atoms with Crippen LogP contribution in [-0.4, -0.2) is 10.1 Å². The highest BCUT2D eigenvalue weighted by Gasteiger charge is 2.22. The highest BCUT2D eigenvalue weighted by atomic mass is 32.2. The molecule has 126 valence electrons. The number of carbonyl (C=O) groups excluding carboxylic acids is 1. The molecular formula is C18H19NO4S. The minimum absolute atomic E-state index is 0.0628. The van der Waals surface area contributed by atoms with Crippen molar-refractivity contribution in [3.63, 3.8) is 0 Å². The predicted molar refractivity (Wildman–Crippen MR) is 93.3 cm³/mol. The van der Waals surface area contributed by atoms with Crippen molar-refractivity contribution in [2.45, 2.75) is 32.6 Å². The SMILES string of the molecule is CC(C)(C)c1ccccc1NC(=O)Cc1ccc2c(c1)OS(=O)O2. The third kappa shape index (κ3) is 3.59. The van der Waals surface area contributed by atoms with Gasteiger partial charge in [-0.15, -0.1) is 0 Å². The Morgan fingerprint density at radius 2 is 1.79 bits per heavy atom. The number of anilines is 1. The van der Waals surface area contributed by atoms with Crippen molar-refractivity contribution < 1.29 is 17.4 Å². The van der Waals surface area contributed by atoms with Crippen LogP contribution < -0.4 is 13.7 Å². The maximum absolute atomic E-state index is 12.4. The molecule has 0 spiro atoms. The average Bonchev–Trinajstić information content (AvgIpc) is 2.86. The molecule has 1 aliphatic rings. The number of nitrogens with one attached hydrogen (secondary N) is 1. The van der Waals surface area contributed by atoms with Gasteiger partial charge in [-0.25, -0.2) is 0 Å². The summed E-state index contributed by atoms with van der Waals surface area (Å²) in [7, 11) is 0. The zero-order valence-electron chi connectivity index (χ0n) is 13.8. The average molecular weight is 345 g/mol. The van der Waals surface area contributed by atoms with Crippen LogP contribution >= 0.6 is 0 Å². The standard InChI is InChI=1S/C18H19NO4S/c1-18(2,3)13-6-4-5-7-14(13)19-17(20)11-12-8-9-15-16(10-12)23-24(21)22-15/h4-10H,11H2,1-3H3,(H,19,20). The lowest BCUT2D eigenvalue weighted by Crippen LogP contribution is -2.19. The van der Waals surface area contributed by atoms with E-state index in [1.54, 1.807) is 18.2 Å². The Bertz CT molecular complexity index is 811. The van der Waals surface area contributed by atoms with Gasteiger partial charge in [0.15, 0.2) is 11.5 Å². The second-order valence-electron chi connectivity index (χ2n) is 6.67. The lowest BCUT2D eigenvalue weighted by molar-refractivity contribution is -0.115. The number of benzene rings is 2. The molecule has 0 fully saturated rings. The zero-order chi connectivity index (χ0) is 17.3. The minimum atomic E-state index is -1.79. The van der Waals surface area contributed by atoms with E-state index in [-0.39, 0.29) is 17.7 Å². The number of rotatable bonds is 3. The highest BCUT2D eigenvalue weighted by Crippen LogP contribution is 2.35. The first-order chi connectivity index (χ1) is 11.3. The molecule has 0 saturated heterocycles. The van der Waals surface area contributed by atoms with Gasteiger partial charge >= 0.3 is 11.4 Å². The molecule has 0 aromatic heterocycles. The molecule has 1 aliphatic heterocycles. The number of carbonyl (C=O) groups is 1. The van der Waals surface area contributed by atoms with E-state index in [1.807, 2.05) is 24.3 Å². The van der Waals surface area contributed by atoms with Gasteiger partial charge in [0.05, 0.1) is 6.42 Å². The predicted octanol–water partition coefficient (Wildman–Crippen LogP) is 3.52. The summed E-state index contributed by atoms with van der Waals surface area (Å²) in [5.41, 5.74) is 2.60. The van der Waals surface area contributed by atoms with Crippen molar-refractivity contribution in [3.05, 3.63) is 53.6 Å². The van der Waals surface area contributed by atoms with Crippen LogP contribution in [0.2, 0.25) is 0 Å². The summed E-state index contributed by atoms with van der Waals surface area (Å²) in [5, 5.41) is 2.97. The van der Waals surface area contributed by atoms with Crippen LogP contribution in [0.5, 0.6) is 11.5 Å². The molecule has 1 heterocycles. The molecule has 0 bridgehead atoms. The molecule has 1 amide bonds. The number of para-hydroxylation sites is 1. The molecule has 1 unspecified atom stereocenters. The fourth-order valence-corrected chi connectivity index (χ4v) is 3.18. The van der Waals surface area contributed by atoms with Gasteiger partial charge in [-0.3, -0.25) is 4.79 Å². The topological polar surface area (TPSA) is 64.6 Å². The van der Waals surface area contributed by atoms with Crippen LogP contribution in [0.25, 0.3) is 0 Å². The summed E-state index contributed by atoms with van der Waals surface area (Å²) >= 11 is -1.79. The van der Waals surface area contributed by atoms with Gasteiger partial charge < -0.3 is 13.7 Å². The number of hydrogen-bond donors (Lipinski definition) is 1. The van der Waals surface area contributed by atoms with Gasteiger partial charge in [-0.2, -0.15) is 4.21 Å². The van der Waals surface area contributed by atoms with Crippen LogP contribution in [0.15, 0.2) is 42.5 Å². The Kier molecular flexibility index (Phi) is 4.32. The first-order valence-electron chi connectivity index (χ1n) is 7.63. The van der Waals surface area contributed by atoms with Crippen molar-refractivity contribution >= 4 is 23.0 Å². The molecule has 1 atom stereocenters. The van der Waals surface area contributed by atoms with Gasteiger partial charge in [-0.05, 0) is 34.7 Å². The Morgan fingerprint density at radius 3 is 2.54 bits per heavy atom. The van der Waals surface area contributed by atoms with Crippen LogP contribution in [0.3, 0.4) is 0 Å². The largest absolute Gasteiger partial charge is 0.417 e. The van der Waals surface area contributed by atoms with E-state index in [0.29, 0.717) is 11.5 Å². The second-order valence-corrected chi connectivity index (χ2v) is 7.41. The Morgan fingerprint density at radius 1 is 1.08 bits per heavy atom. The normalized spacial score (nSPS) is 16.0. The van der Waals surface area contributed by atoms with Crippen molar-refractivity contribution in [1.82, 2.24) is 0 Å². The molecule has 2 aromatic carbocycles. The van der Waals surface area contributed by atoms with Gasteiger partial charge in [0.2, 0.25) is 5.91 Å². The van der Waals surface area contributed by atoms with Crippen LogP contribution in [0.1, 0.15) is 31.9 Å².